The maximum Gasteiger partial charge on any atom is 0.417 e. The van der Waals surface area contributed by atoms with E-state index >= 15 is 0 Å². The van der Waals surface area contributed by atoms with Crippen LogP contribution >= 0.6 is 11.3 Å². The quantitative estimate of drug-likeness (QED) is 0.834. The van der Waals surface area contributed by atoms with Crippen molar-refractivity contribution in [1.82, 2.24) is 0 Å². The molecule has 0 atom stereocenters. The van der Waals surface area contributed by atoms with Crippen LogP contribution in [0.15, 0.2) is 24.3 Å². The summed E-state index contributed by atoms with van der Waals surface area (Å²) in [7, 11) is 0. The number of carboxylic acids is 1. The number of rotatable bonds is 1. The zero-order valence-electron chi connectivity index (χ0n) is 7.71. The number of alkyl halides is 3. The summed E-state index contributed by atoms with van der Waals surface area (Å²) in [6, 6.07) is 4.93. The minimum Gasteiger partial charge on any atom is -0.477 e. The van der Waals surface area contributed by atoms with Crippen LogP contribution in [-0.4, -0.2) is 11.1 Å². The Bertz CT molecular complexity index is 557. The van der Waals surface area contributed by atoms with E-state index in [1.807, 2.05) is 0 Å². The van der Waals surface area contributed by atoms with E-state index in [0.29, 0.717) is 16.7 Å². The fourth-order valence-corrected chi connectivity index (χ4v) is 2.42. The van der Waals surface area contributed by atoms with Gasteiger partial charge in [-0.15, -0.1) is 11.3 Å². The fourth-order valence-electron chi connectivity index (χ4n) is 1.39. The molecular formula is C10H5F3O2S. The average Bonchev–Trinajstić information content (AvgIpc) is 2.58. The molecule has 1 N–H and O–H groups in total. The molecule has 2 rings (SSSR count). The number of aromatic carboxylic acids is 1. The molecule has 6 heteroatoms. The highest BCUT2D eigenvalue weighted by Gasteiger charge is 2.33. The molecule has 0 fully saturated rings. The number of hydrogen-bond donors (Lipinski definition) is 1. The van der Waals surface area contributed by atoms with Gasteiger partial charge in [-0.2, -0.15) is 13.2 Å². The second-order valence-electron chi connectivity index (χ2n) is 3.14. The number of hydrogen-bond acceptors (Lipinski definition) is 2. The van der Waals surface area contributed by atoms with Gasteiger partial charge in [0.05, 0.1) is 5.56 Å². The lowest BCUT2D eigenvalue weighted by Gasteiger charge is -2.06. The molecular weight excluding hydrogens is 241 g/mol. The van der Waals surface area contributed by atoms with Gasteiger partial charge < -0.3 is 5.11 Å². The van der Waals surface area contributed by atoms with Gasteiger partial charge in [0.15, 0.2) is 0 Å². The molecule has 0 saturated heterocycles. The van der Waals surface area contributed by atoms with E-state index in [2.05, 4.69) is 0 Å². The monoisotopic (exact) mass is 246 g/mol. The second-order valence-corrected chi connectivity index (χ2v) is 4.19. The van der Waals surface area contributed by atoms with Crippen LogP contribution in [0.3, 0.4) is 0 Å². The summed E-state index contributed by atoms with van der Waals surface area (Å²) < 4.78 is 37.7. The van der Waals surface area contributed by atoms with Crippen molar-refractivity contribution in [2.75, 3.05) is 0 Å². The van der Waals surface area contributed by atoms with E-state index in [1.165, 1.54) is 18.2 Å². The van der Waals surface area contributed by atoms with Crippen LogP contribution in [0.5, 0.6) is 0 Å². The summed E-state index contributed by atoms with van der Waals surface area (Å²) >= 11 is 0.639. The van der Waals surface area contributed by atoms with Crippen LogP contribution in [-0.2, 0) is 6.18 Å². The molecule has 0 radical (unpaired) electrons. The van der Waals surface area contributed by atoms with Crippen molar-refractivity contribution in [2.24, 2.45) is 0 Å². The Morgan fingerprint density at radius 3 is 2.56 bits per heavy atom. The molecule has 0 unspecified atom stereocenters. The van der Waals surface area contributed by atoms with Gasteiger partial charge in [0.25, 0.3) is 0 Å². The first-order chi connectivity index (χ1) is 7.39. The van der Waals surface area contributed by atoms with E-state index in [9.17, 15) is 18.0 Å². The lowest BCUT2D eigenvalue weighted by atomic mass is 10.1. The Hall–Kier alpha value is -1.56. The first-order valence-corrected chi connectivity index (χ1v) is 5.04. The molecule has 0 bridgehead atoms. The molecule has 0 aliphatic carbocycles. The zero-order valence-corrected chi connectivity index (χ0v) is 8.52. The van der Waals surface area contributed by atoms with Crippen LogP contribution in [0, 0.1) is 0 Å². The Morgan fingerprint density at radius 2 is 2.00 bits per heavy atom. The molecule has 0 amide bonds. The highest BCUT2D eigenvalue weighted by molar-refractivity contribution is 7.20. The molecule has 1 heterocycles. The van der Waals surface area contributed by atoms with Gasteiger partial charge in [0.2, 0.25) is 0 Å². The van der Waals surface area contributed by atoms with Crippen molar-refractivity contribution >= 4 is 27.4 Å². The first-order valence-electron chi connectivity index (χ1n) is 4.22. The first kappa shape index (κ1) is 10.9. The van der Waals surface area contributed by atoms with Crippen molar-refractivity contribution < 1.29 is 23.1 Å². The molecule has 84 valence electrons. The highest BCUT2D eigenvalue weighted by Crippen LogP contribution is 2.38. The standard InChI is InChI=1S/C10H5F3O2S/c11-10(12,13)6-3-1-2-5-4-7(9(14)15)16-8(5)6/h1-4H,(H,14,15). The third kappa shape index (κ3) is 1.76. The molecule has 1 aromatic heterocycles. The highest BCUT2D eigenvalue weighted by atomic mass is 32.1. The third-order valence-corrected chi connectivity index (χ3v) is 3.23. The van der Waals surface area contributed by atoms with Crippen molar-refractivity contribution in [2.45, 2.75) is 6.18 Å². The van der Waals surface area contributed by atoms with Gasteiger partial charge >= 0.3 is 12.1 Å². The van der Waals surface area contributed by atoms with Gasteiger partial charge in [-0.1, -0.05) is 12.1 Å². The molecule has 16 heavy (non-hydrogen) atoms. The molecule has 0 spiro atoms. The summed E-state index contributed by atoms with van der Waals surface area (Å²) in [5, 5.41) is 9.01. The van der Waals surface area contributed by atoms with Gasteiger partial charge in [0, 0.05) is 4.70 Å². The van der Waals surface area contributed by atoms with E-state index in [-0.39, 0.29) is 9.58 Å². The van der Waals surface area contributed by atoms with Crippen LogP contribution < -0.4 is 0 Å². The largest absolute Gasteiger partial charge is 0.477 e. The third-order valence-electron chi connectivity index (χ3n) is 2.06. The fraction of sp³-hybridized carbons (Fsp3) is 0.100. The Balaban J connectivity index is 2.73. The Morgan fingerprint density at radius 1 is 1.31 bits per heavy atom. The van der Waals surface area contributed by atoms with Gasteiger partial charge in [-0.25, -0.2) is 4.79 Å². The lowest BCUT2D eigenvalue weighted by Crippen LogP contribution is -2.04. The maximum absolute atomic E-state index is 12.6. The van der Waals surface area contributed by atoms with Crippen molar-refractivity contribution in [1.29, 1.82) is 0 Å². The lowest BCUT2D eigenvalue weighted by molar-refractivity contribution is -0.136. The van der Waals surface area contributed by atoms with Crippen molar-refractivity contribution in [3.8, 4) is 0 Å². The average molecular weight is 246 g/mol. The van der Waals surface area contributed by atoms with Crippen LogP contribution in [0.2, 0.25) is 0 Å². The summed E-state index contributed by atoms with van der Waals surface area (Å²) in [6.07, 6.45) is -4.46. The summed E-state index contributed by atoms with van der Waals surface area (Å²) in [4.78, 5) is 10.6. The summed E-state index contributed by atoms with van der Waals surface area (Å²) in [5.74, 6) is -1.21. The zero-order chi connectivity index (χ0) is 11.9. The SMILES string of the molecule is O=C(O)c1cc2cccc(C(F)(F)F)c2s1. The molecule has 0 aliphatic heterocycles. The number of fused-ring (bicyclic) bond motifs is 1. The van der Waals surface area contributed by atoms with E-state index < -0.39 is 17.7 Å². The van der Waals surface area contributed by atoms with E-state index in [4.69, 9.17) is 5.11 Å². The van der Waals surface area contributed by atoms with Crippen LogP contribution in [0.4, 0.5) is 13.2 Å². The number of halogens is 3. The predicted octanol–water partition coefficient (Wildman–Crippen LogP) is 3.62. The second kappa shape index (κ2) is 3.48. The number of benzene rings is 1. The van der Waals surface area contributed by atoms with Gasteiger partial charge in [-0.3, -0.25) is 0 Å². The van der Waals surface area contributed by atoms with Crippen molar-refractivity contribution in [3.05, 3.63) is 34.7 Å². The molecule has 2 nitrogen and oxygen atoms in total. The van der Waals surface area contributed by atoms with Crippen LogP contribution in [0.1, 0.15) is 15.2 Å². The normalized spacial score (nSPS) is 11.9. The maximum atomic E-state index is 12.6. The minimum atomic E-state index is -4.46. The number of thiophene rings is 1. The van der Waals surface area contributed by atoms with Crippen LogP contribution in [0.25, 0.3) is 10.1 Å². The van der Waals surface area contributed by atoms with E-state index in [0.717, 1.165) is 6.07 Å². The van der Waals surface area contributed by atoms with Crippen molar-refractivity contribution in [3.63, 3.8) is 0 Å². The molecule has 0 aliphatic rings. The smallest absolute Gasteiger partial charge is 0.417 e. The predicted molar refractivity (Wildman–Crippen MR) is 53.8 cm³/mol. The summed E-state index contributed by atoms with van der Waals surface area (Å²) in [6.45, 7) is 0. The molecule has 2 aromatic rings. The summed E-state index contributed by atoms with van der Waals surface area (Å²) in [5.41, 5.74) is -0.789. The minimum absolute atomic E-state index is 0.0348. The van der Waals surface area contributed by atoms with Gasteiger partial charge in [-0.05, 0) is 17.5 Å². The number of carbonyl (C=O) groups is 1. The topological polar surface area (TPSA) is 37.3 Å². The van der Waals surface area contributed by atoms with Gasteiger partial charge in [0.1, 0.15) is 4.88 Å². The molecule has 1 aromatic carbocycles. The Labute approximate surface area is 91.9 Å². The Kier molecular flexibility index (Phi) is 2.38. The number of carboxylic acid groups (broad SMARTS) is 1. The molecule has 0 saturated carbocycles. The van der Waals surface area contributed by atoms with E-state index in [1.54, 1.807) is 0 Å².